The topological polar surface area (TPSA) is 57.7 Å². The second kappa shape index (κ2) is 7.05. The predicted molar refractivity (Wildman–Crippen MR) is 93.1 cm³/mol. The number of aryl methyl sites for hydroxylation is 1. The van der Waals surface area contributed by atoms with Crippen LogP contribution in [-0.2, 0) is 0 Å². The highest BCUT2D eigenvalue weighted by molar-refractivity contribution is 8.00. The van der Waals surface area contributed by atoms with E-state index in [0.29, 0.717) is 0 Å². The summed E-state index contributed by atoms with van der Waals surface area (Å²) < 4.78 is 2.09. The first-order valence-corrected chi connectivity index (χ1v) is 8.90. The number of anilines is 1. The van der Waals surface area contributed by atoms with Gasteiger partial charge in [-0.05, 0) is 45.2 Å². The highest BCUT2D eigenvalue weighted by Gasteiger charge is 2.22. The monoisotopic (exact) mass is 327 g/mol. The normalized spacial score (nSPS) is 16.1. The third kappa shape index (κ3) is 3.50. The Balaban J connectivity index is 2.02. The minimum absolute atomic E-state index is 0.155. The molecule has 3 rings (SSSR count). The molecule has 0 saturated carbocycles. The van der Waals surface area contributed by atoms with Crippen LogP contribution in [0.15, 0.2) is 29.4 Å². The van der Waals surface area contributed by atoms with Crippen molar-refractivity contribution in [3.63, 3.8) is 0 Å². The van der Waals surface area contributed by atoms with Gasteiger partial charge in [-0.25, -0.2) is 0 Å². The summed E-state index contributed by atoms with van der Waals surface area (Å²) in [5.41, 5.74) is 2.27. The Morgan fingerprint density at radius 2 is 1.83 bits per heavy atom. The van der Waals surface area contributed by atoms with Crippen molar-refractivity contribution < 1.29 is 0 Å². The number of rotatable bonds is 4. The van der Waals surface area contributed by atoms with E-state index in [1.165, 1.54) is 36.6 Å². The molecule has 1 aliphatic heterocycles. The van der Waals surface area contributed by atoms with Gasteiger partial charge in [-0.15, -0.1) is 10.2 Å². The second-order valence-corrected chi connectivity index (χ2v) is 7.20. The molecule has 0 unspecified atom stereocenters. The first-order valence-electron chi connectivity index (χ1n) is 8.02. The van der Waals surface area contributed by atoms with Crippen LogP contribution in [0.5, 0.6) is 0 Å². The van der Waals surface area contributed by atoms with Gasteiger partial charge < -0.3 is 4.90 Å². The van der Waals surface area contributed by atoms with Crippen LogP contribution < -0.4 is 4.90 Å². The molecule has 1 aliphatic rings. The standard InChI is InChI=1S/C17H21N5S/c1-13-6-8-15(9-7-13)22-16(21-10-4-3-5-11-21)19-20-17(22)23-14(2)12-18/h6-9,14H,3-5,10-11H2,1-2H3/t14-/m1/s1. The van der Waals surface area contributed by atoms with Gasteiger partial charge in [-0.1, -0.05) is 29.5 Å². The van der Waals surface area contributed by atoms with Crippen molar-refractivity contribution in [1.29, 1.82) is 5.26 Å². The average Bonchev–Trinajstić information content (AvgIpc) is 3.00. The zero-order chi connectivity index (χ0) is 16.2. The first kappa shape index (κ1) is 15.9. The van der Waals surface area contributed by atoms with Crippen molar-refractivity contribution in [2.24, 2.45) is 0 Å². The Morgan fingerprint density at radius 1 is 1.13 bits per heavy atom. The third-order valence-electron chi connectivity index (χ3n) is 4.01. The summed E-state index contributed by atoms with van der Waals surface area (Å²) in [6.07, 6.45) is 3.66. The summed E-state index contributed by atoms with van der Waals surface area (Å²) in [6, 6.07) is 10.6. The fraction of sp³-hybridized carbons (Fsp3) is 0.471. The summed E-state index contributed by atoms with van der Waals surface area (Å²) in [7, 11) is 0. The molecule has 5 nitrogen and oxygen atoms in total. The van der Waals surface area contributed by atoms with Gasteiger partial charge in [0.15, 0.2) is 5.16 Å². The molecule has 1 aromatic carbocycles. The number of hydrogen-bond donors (Lipinski definition) is 0. The smallest absolute Gasteiger partial charge is 0.232 e. The van der Waals surface area contributed by atoms with Gasteiger partial charge in [0.05, 0.1) is 17.0 Å². The van der Waals surface area contributed by atoms with Crippen molar-refractivity contribution in [2.75, 3.05) is 18.0 Å². The molecule has 0 bridgehead atoms. The quantitative estimate of drug-likeness (QED) is 0.804. The number of piperidine rings is 1. The number of thioether (sulfide) groups is 1. The minimum Gasteiger partial charge on any atom is -0.341 e. The van der Waals surface area contributed by atoms with Gasteiger partial charge in [0.1, 0.15) is 0 Å². The zero-order valence-corrected chi connectivity index (χ0v) is 14.4. The number of benzene rings is 1. The van der Waals surface area contributed by atoms with Gasteiger partial charge in [0.2, 0.25) is 5.95 Å². The summed E-state index contributed by atoms with van der Waals surface area (Å²) in [6.45, 7) is 6.00. The molecule has 0 amide bonds. The molecule has 1 atom stereocenters. The van der Waals surface area contributed by atoms with E-state index in [2.05, 4.69) is 56.9 Å². The SMILES string of the molecule is Cc1ccc(-n2c(S[C@H](C)C#N)nnc2N2CCCCC2)cc1. The Labute approximate surface area is 141 Å². The lowest BCUT2D eigenvalue weighted by atomic mass is 10.1. The molecule has 6 heteroatoms. The van der Waals surface area contributed by atoms with Crippen LogP contribution in [0.4, 0.5) is 5.95 Å². The molecule has 120 valence electrons. The number of nitriles is 1. The van der Waals surface area contributed by atoms with Crippen LogP contribution >= 0.6 is 11.8 Å². The first-order chi connectivity index (χ1) is 11.2. The molecule has 0 radical (unpaired) electrons. The maximum absolute atomic E-state index is 9.11. The predicted octanol–water partition coefficient (Wildman–Crippen LogP) is 3.57. The van der Waals surface area contributed by atoms with E-state index < -0.39 is 0 Å². The van der Waals surface area contributed by atoms with Crippen molar-refractivity contribution in [2.45, 2.75) is 43.5 Å². The summed E-state index contributed by atoms with van der Waals surface area (Å²) in [5, 5.41) is 18.5. The Morgan fingerprint density at radius 3 is 2.48 bits per heavy atom. The van der Waals surface area contributed by atoms with Crippen molar-refractivity contribution >= 4 is 17.7 Å². The van der Waals surface area contributed by atoms with Crippen LogP contribution in [0.1, 0.15) is 31.7 Å². The molecular weight excluding hydrogens is 306 g/mol. The van der Waals surface area contributed by atoms with E-state index in [0.717, 1.165) is 29.9 Å². The maximum atomic E-state index is 9.11. The lowest BCUT2D eigenvalue weighted by Gasteiger charge is -2.27. The Hall–Kier alpha value is -2.00. The second-order valence-electron chi connectivity index (χ2n) is 5.89. The van der Waals surface area contributed by atoms with Gasteiger partial charge in [-0.3, -0.25) is 4.57 Å². The molecule has 0 N–H and O–H groups in total. The van der Waals surface area contributed by atoms with Crippen molar-refractivity contribution in [3.8, 4) is 11.8 Å². The fourth-order valence-electron chi connectivity index (χ4n) is 2.74. The summed E-state index contributed by atoms with van der Waals surface area (Å²) in [5.74, 6) is 0.890. The molecule has 1 fully saturated rings. The number of aromatic nitrogens is 3. The molecule has 2 heterocycles. The highest BCUT2D eigenvalue weighted by Crippen LogP contribution is 2.30. The van der Waals surface area contributed by atoms with E-state index in [1.54, 1.807) is 0 Å². The average molecular weight is 327 g/mol. The molecule has 0 aliphatic carbocycles. The van der Waals surface area contributed by atoms with Crippen LogP contribution in [0, 0.1) is 18.3 Å². The number of nitrogens with zero attached hydrogens (tertiary/aromatic N) is 5. The van der Waals surface area contributed by atoms with E-state index in [4.69, 9.17) is 5.26 Å². The van der Waals surface area contributed by atoms with Crippen LogP contribution in [0.25, 0.3) is 5.69 Å². The van der Waals surface area contributed by atoms with Gasteiger partial charge in [-0.2, -0.15) is 5.26 Å². The maximum Gasteiger partial charge on any atom is 0.232 e. The molecule has 0 spiro atoms. The van der Waals surface area contributed by atoms with Gasteiger partial charge >= 0.3 is 0 Å². The van der Waals surface area contributed by atoms with E-state index in [9.17, 15) is 0 Å². The number of hydrogen-bond acceptors (Lipinski definition) is 5. The van der Waals surface area contributed by atoms with E-state index in [-0.39, 0.29) is 5.25 Å². The Bertz CT molecular complexity index is 695. The molecule has 23 heavy (non-hydrogen) atoms. The fourth-order valence-corrected chi connectivity index (χ4v) is 3.49. The van der Waals surface area contributed by atoms with E-state index >= 15 is 0 Å². The van der Waals surface area contributed by atoms with E-state index in [1.807, 2.05) is 6.92 Å². The van der Waals surface area contributed by atoms with Crippen molar-refractivity contribution in [3.05, 3.63) is 29.8 Å². The van der Waals surface area contributed by atoms with Crippen LogP contribution in [0.2, 0.25) is 0 Å². The molecular formula is C17H21N5S. The van der Waals surface area contributed by atoms with Gasteiger partial charge in [0.25, 0.3) is 0 Å². The lowest BCUT2D eigenvalue weighted by Crippen LogP contribution is -2.31. The molecule has 1 saturated heterocycles. The van der Waals surface area contributed by atoms with Gasteiger partial charge in [0, 0.05) is 13.1 Å². The molecule has 2 aromatic rings. The van der Waals surface area contributed by atoms with Crippen molar-refractivity contribution in [1.82, 2.24) is 14.8 Å². The van der Waals surface area contributed by atoms with Crippen LogP contribution in [-0.4, -0.2) is 33.1 Å². The highest BCUT2D eigenvalue weighted by atomic mass is 32.2. The summed E-state index contributed by atoms with van der Waals surface area (Å²) >= 11 is 1.46. The third-order valence-corrected chi connectivity index (χ3v) is 4.95. The largest absolute Gasteiger partial charge is 0.341 e. The minimum atomic E-state index is -0.155. The zero-order valence-electron chi connectivity index (χ0n) is 13.6. The Kier molecular flexibility index (Phi) is 4.87. The van der Waals surface area contributed by atoms with Crippen LogP contribution in [0.3, 0.4) is 0 Å². The molecule has 1 aromatic heterocycles. The lowest BCUT2D eigenvalue weighted by molar-refractivity contribution is 0.564. The summed E-state index contributed by atoms with van der Waals surface area (Å²) in [4.78, 5) is 2.30.